The van der Waals surface area contributed by atoms with Gasteiger partial charge < -0.3 is 10.4 Å². The Morgan fingerprint density at radius 1 is 1.22 bits per heavy atom. The van der Waals surface area contributed by atoms with Crippen molar-refractivity contribution in [2.45, 2.75) is 25.3 Å². The van der Waals surface area contributed by atoms with Gasteiger partial charge in [-0.1, -0.05) is 6.07 Å². The lowest BCUT2D eigenvalue weighted by Crippen LogP contribution is -2.29. The summed E-state index contributed by atoms with van der Waals surface area (Å²) in [6.07, 6.45) is 4.13. The summed E-state index contributed by atoms with van der Waals surface area (Å²) in [7, 11) is 0. The van der Waals surface area contributed by atoms with Gasteiger partial charge in [0.1, 0.15) is 5.75 Å². The van der Waals surface area contributed by atoms with Gasteiger partial charge in [0, 0.05) is 11.6 Å². The molecule has 3 heteroatoms. The van der Waals surface area contributed by atoms with Gasteiger partial charge in [-0.3, -0.25) is 4.79 Å². The predicted molar refractivity (Wildman–Crippen MR) is 67.2 cm³/mol. The van der Waals surface area contributed by atoms with Crippen LogP contribution in [0.25, 0.3) is 0 Å². The maximum absolute atomic E-state index is 12.1. The largest absolute Gasteiger partial charge is 0.508 e. The second kappa shape index (κ2) is 3.50. The Morgan fingerprint density at radius 2 is 1.94 bits per heavy atom. The number of aromatic hydroxyl groups is 1. The molecule has 1 aromatic carbocycles. The molecule has 0 radical (unpaired) electrons. The molecule has 4 unspecified atom stereocenters. The molecule has 0 aliphatic heterocycles. The topological polar surface area (TPSA) is 49.3 Å². The average molecular weight is 243 g/mol. The molecule has 0 saturated heterocycles. The zero-order valence-electron chi connectivity index (χ0n) is 10.2. The van der Waals surface area contributed by atoms with E-state index in [0.29, 0.717) is 11.6 Å². The van der Waals surface area contributed by atoms with Crippen LogP contribution in [0.3, 0.4) is 0 Å². The van der Waals surface area contributed by atoms with E-state index >= 15 is 0 Å². The first-order valence-electron chi connectivity index (χ1n) is 6.84. The van der Waals surface area contributed by atoms with E-state index in [-0.39, 0.29) is 11.7 Å². The molecule has 3 aliphatic carbocycles. The van der Waals surface area contributed by atoms with Gasteiger partial charge in [0.15, 0.2) is 0 Å². The molecule has 4 atom stereocenters. The van der Waals surface area contributed by atoms with Crippen molar-refractivity contribution in [3.8, 4) is 5.75 Å². The number of carbonyl (C=O) groups excluding carboxylic acids is 1. The summed E-state index contributed by atoms with van der Waals surface area (Å²) in [4.78, 5) is 12.1. The Kier molecular flexibility index (Phi) is 2.02. The van der Waals surface area contributed by atoms with E-state index in [1.165, 1.54) is 25.3 Å². The first kappa shape index (κ1) is 10.4. The molecule has 1 aromatic rings. The molecular weight excluding hydrogens is 226 g/mol. The molecule has 0 aromatic heterocycles. The third kappa shape index (κ3) is 1.39. The van der Waals surface area contributed by atoms with Crippen LogP contribution >= 0.6 is 0 Å². The maximum Gasteiger partial charge on any atom is 0.251 e. The summed E-state index contributed by atoms with van der Waals surface area (Å²) < 4.78 is 0. The van der Waals surface area contributed by atoms with E-state index in [1.54, 1.807) is 18.2 Å². The van der Waals surface area contributed by atoms with Crippen LogP contribution in [0.5, 0.6) is 5.75 Å². The van der Waals surface area contributed by atoms with Crippen molar-refractivity contribution in [1.82, 2.24) is 5.32 Å². The number of hydrogen-bond donors (Lipinski definition) is 2. The highest BCUT2D eigenvalue weighted by atomic mass is 16.3. The third-order valence-corrected chi connectivity index (χ3v) is 5.14. The Balaban J connectivity index is 1.46. The van der Waals surface area contributed by atoms with Gasteiger partial charge in [0.2, 0.25) is 0 Å². The van der Waals surface area contributed by atoms with Crippen LogP contribution in [0.1, 0.15) is 29.6 Å². The fourth-order valence-corrected chi connectivity index (χ4v) is 4.40. The second-order valence-electron chi connectivity index (χ2n) is 6.04. The highest BCUT2D eigenvalue weighted by Gasteiger charge is 2.65. The molecule has 3 nitrogen and oxygen atoms in total. The number of benzene rings is 1. The number of phenolic OH excluding ortho intramolecular Hbond substituents is 1. The molecule has 3 saturated carbocycles. The average Bonchev–Trinajstić information content (AvgIpc) is 2.77. The fraction of sp³-hybridized carbons (Fsp3) is 0.533. The van der Waals surface area contributed by atoms with E-state index in [0.717, 1.165) is 23.7 Å². The number of hydrogen-bond acceptors (Lipinski definition) is 2. The first-order chi connectivity index (χ1) is 8.74. The minimum absolute atomic E-state index is 0.0373. The van der Waals surface area contributed by atoms with Crippen LogP contribution in [0, 0.1) is 23.7 Å². The van der Waals surface area contributed by atoms with Crippen LogP contribution in [-0.4, -0.2) is 17.1 Å². The van der Waals surface area contributed by atoms with Gasteiger partial charge in [-0.2, -0.15) is 0 Å². The number of nitrogens with one attached hydrogen (secondary N) is 1. The second-order valence-corrected chi connectivity index (χ2v) is 6.04. The molecule has 2 N–H and O–H groups in total. The summed E-state index contributed by atoms with van der Waals surface area (Å²) in [6, 6.07) is 6.99. The monoisotopic (exact) mass is 243 g/mol. The highest BCUT2D eigenvalue weighted by Crippen LogP contribution is 2.65. The van der Waals surface area contributed by atoms with Crippen molar-refractivity contribution in [3.63, 3.8) is 0 Å². The zero-order chi connectivity index (χ0) is 12.3. The summed E-state index contributed by atoms with van der Waals surface area (Å²) in [6.45, 7) is 0. The van der Waals surface area contributed by atoms with Gasteiger partial charge in [-0.15, -0.1) is 0 Å². The molecule has 18 heavy (non-hydrogen) atoms. The maximum atomic E-state index is 12.1. The molecular formula is C15H17NO2. The van der Waals surface area contributed by atoms with E-state index in [9.17, 15) is 9.90 Å². The lowest BCUT2D eigenvalue weighted by molar-refractivity contribution is 0.0944. The molecule has 0 spiro atoms. The Hall–Kier alpha value is -1.51. The lowest BCUT2D eigenvalue weighted by atomic mass is 10.0. The smallest absolute Gasteiger partial charge is 0.251 e. The van der Waals surface area contributed by atoms with Crippen LogP contribution in [0.2, 0.25) is 0 Å². The van der Waals surface area contributed by atoms with Crippen LogP contribution in [0.15, 0.2) is 24.3 Å². The van der Waals surface area contributed by atoms with Gasteiger partial charge in [-0.25, -0.2) is 0 Å². The highest BCUT2D eigenvalue weighted by molar-refractivity contribution is 5.95. The number of rotatable bonds is 2. The van der Waals surface area contributed by atoms with Crippen LogP contribution in [-0.2, 0) is 0 Å². The predicted octanol–water partition coefficient (Wildman–Crippen LogP) is 2.17. The number of amides is 1. The van der Waals surface area contributed by atoms with Crippen LogP contribution in [0.4, 0.5) is 0 Å². The van der Waals surface area contributed by atoms with E-state index < -0.39 is 0 Å². The van der Waals surface area contributed by atoms with Gasteiger partial charge >= 0.3 is 0 Å². The quantitative estimate of drug-likeness (QED) is 0.836. The number of fused-ring (bicyclic) bond motifs is 5. The van der Waals surface area contributed by atoms with E-state index in [2.05, 4.69) is 5.32 Å². The Labute approximate surface area is 106 Å². The molecule has 1 amide bonds. The summed E-state index contributed by atoms with van der Waals surface area (Å²) >= 11 is 0. The van der Waals surface area contributed by atoms with Gasteiger partial charge in [0.05, 0.1) is 0 Å². The van der Waals surface area contributed by atoms with Gasteiger partial charge in [0.25, 0.3) is 5.91 Å². The summed E-state index contributed by atoms with van der Waals surface area (Å²) in [5.74, 6) is 3.36. The standard InChI is InChI=1S/C15H17NO2/c17-11-3-1-2-10(7-11)15(18)16-14-12-8-4-5-9(6-8)13(12)14/h1-3,7-9,12-14,17H,4-6H2,(H,16,18). The van der Waals surface area contributed by atoms with Crippen molar-refractivity contribution in [2.75, 3.05) is 0 Å². The third-order valence-electron chi connectivity index (χ3n) is 5.14. The minimum Gasteiger partial charge on any atom is -0.508 e. The molecule has 3 fully saturated rings. The zero-order valence-corrected chi connectivity index (χ0v) is 10.2. The fourth-order valence-electron chi connectivity index (χ4n) is 4.40. The minimum atomic E-state index is -0.0373. The van der Waals surface area contributed by atoms with Crippen molar-refractivity contribution in [1.29, 1.82) is 0 Å². The van der Waals surface area contributed by atoms with Crippen molar-refractivity contribution < 1.29 is 9.90 Å². The van der Waals surface area contributed by atoms with Crippen molar-refractivity contribution in [3.05, 3.63) is 29.8 Å². The van der Waals surface area contributed by atoms with Crippen molar-refractivity contribution >= 4 is 5.91 Å². The SMILES string of the molecule is O=C(NC1C2C3CCC(C3)C12)c1cccc(O)c1. The normalized spacial score (nSPS) is 39.4. The molecule has 3 aliphatic rings. The molecule has 0 heterocycles. The molecule has 94 valence electrons. The lowest BCUT2D eigenvalue weighted by Gasteiger charge is -2.10. The van der Waals surface area contributed by atoms with Crippen molar-refractivity contribution in [2.24, 2.45) is 23.7 Å². The van der Waals surface area contributed by atoms with Crippen LogP contribution < -0.4 is 5.32 Å². The Morgan fingerprint density at radius 3 is 2.61 bits per heavy atom. The number of phenols is 1. The summed E-state index contributed by atoms with van der Waals surface area (Å²) in [5.41, 5.74) is 0.562. The van der Waals surface area contributed by atoms with E-state index in [4.69, 9.17) is 0 Å². The Bertz CT molecular complexity index is 497. The molecule has 2 bridgehead atoms. The van der Waals surface area contributed by atoms with Gasteiger partial charge in [-0.05, 0) is 61.1 Å². The van der Waals surface area contributed by atoms with E-state index in [1.807, 2.05) is 0 Å². The number of carbonyl (C=O) groups is 1. The molecule has 4 rings (SSSR count). The first-order valence-corrected chi connectivity index (χ1v) is 6.84. The summed E-state index contributed by atoms with van der Waals surface area (Å²) in [5, 5.41) is 12.5.